The van der Waals surface area contributed by atoms with Crippen LogP contribution in [0.25, 0.3) is 0 Å². The summed E-state index contributed by atoms with van der Waals surface area (Å²) in [5, 5.41) is 11.8. The van der Waals surface area contributed by atoms with E-state index in [-0.39, 0.29) is 19.1 Å². The second kappa shape index (κ2) is 5.79. The Hall–Kier alpha value is -2.28. The van der Waals surface area contributed by atoms with E-state index >= 15 is 0 Å². The molecule has 2 rings (SSSR count). The molecule has 1 aromatic rings. The Balaban J connectivity index is 2.11. The summed E-state index contributed by atoms with van der Waals surface area (Å²) < 4.78 is 5.14. The third kappa shape index (κ3) is 2.83. The lowest BCUT2D eigenvalue weighted by Crippen LogP contribution is -2.43. The largest absolute Gasteiger partial charge is 0.480 e. The van der Waals surface area contributed by atoms with Crippen molar-refractivity contribution in [2.45, 2.75) is 18.6 Å². The van der Waals surface area contributed by atoms with Crippen LogP contribution in [0, 0.1) is 0 Å². The summed E-state index contributed by atoms with van der Waals surface area (Å²) in [5.41, 5.74) is 6.63. The van der Waals surface area contributed by atoms with Crippen LogP contribution in [0.15, 0.2) is 24.3 Å². The standard InChI is InChI=1S/C13H17N3O4/c1-20-8-6-11(12(17)18)16(7-8)13(19)15-10-5-3-2-4-9(10)14/h2-5,8,11H,6-7,14H2,1H3,(H,15,19)(H,17,18). The summed E-state index contributed by atoms with van der Waals surface area (Å²) in [7, 11) is 1.50. The number of nitrogen functional groups attached to an aromatic ring is 1. The zero-order chi connectivity index (χ0) is 14.7. The molecule has 1 heterocycles. The van der Waals surface area contributed by atoms with Crippen LogP contribution in [0.4, 0.5) is 16.2 Å². The molecule has 4 N–H and O–H groups in total. The quantitative estimate of drug-likeness (QED) is 0.715. The summed E-state index contributed by atoms with van der Waals surface area (Å²) in [6, 6.07) is 5.43. The maximum Gasteiger partial charge on any atom is 0.326 e. The molecule has 1 fully saturated rings. The van der Waals surface area contributed by atoms with Crippen molar-refractivity contribution in [3.63, 3.8) is 0 Å². The number of hydrogen-bond acceptors (Lipinski definition) is 4. The van der Waals surface area contributed by atoms with E-state index in [1.165, 1.54) is 12.0 Å². The Bertz CT molecular complexity index is 520. The number of urea groups is 1. The molecule has 0 spiro atoms. The fourth-order valence-corrected chi connectivity index (χ4v) is 2.22. The molecule has 20 heavy (non-hydrogen) atoms. The number of methoxy groups -OCH3 is 1. The Morgan fingerprint density at radius 1 is 1.45 bits per heavy atom. The number of nitrogens with zero attached hydrogens (tertiary/aromatic N) is 1. The molecule has 7 heteroatoms. The van der Waals surface area contributed by atoms with Crippen LogP contribution in [0.5, 0.6) is 0 Å². The summed E-state index contributed by atoms with van der Waals surface area (Å²) in [4.78, 5) is 24.6. The van der Waals surface area contributed by atoms with Crippen molar-refractivity contribution in [1.82, 2.24) is 4.90 Å². The molecule has 2 unspecified atom stereocenters. The summed E-state index contributed by atoms with van der Waals surface area (Å²) >= 11 is 0. The van der Waals surface area contributed by atoms with Crippen molar-refractivity contribution in [3.8, 4) is 0 Å². The van der Waals surface area contributed by atoms with E-state index in [0.29, 0.717) is 11.4 Å². The van der Waals surface area contributed by atoms with Crippen molar-refractivity contribution >= 4 is 23.4 Å². The molecule has 7 nitrogen and oxygen atoms in total. The highest BCUT2D eigenvalue weighted by atomic mass is 16.5. The van der Waals surface area contributed by atoms with Crippen molar-refractivity contribution in [2.24, 2.45) is 0 Å². The number of carboxylic acid groups (broad SMARTS) is 1. The van der Waals surface area contributed by atoms with Gasteiger partial charge in [-0.05, 0) is 12.1 Å². The molecular weight excluding hydrogens is 262 g/mol. The van der Waals surface area contributed by atoms with Crippen molar-refractivity contribution < 1.29 is 19.4 Å². The fourth-order valence-electron chi connectivity index (χ4n) is 2.22. The van der Waals surface area contributed by atoms with E-state index in [4.69, 9.17) is 15.6 Å². The van der Waals surface area contributed by atoms with Crippen LogP contribution in [0.3, 0.4) is 0 Å². The van der Waals surface area contributed by atoms with Crippen molar-refractivity contribution in [1.29, 1.82) is 0 Å². The van der Waals surface area contributed by atoms with Gasteiger partial charge in [-0.25, -0.2) is 9.59 Å². The molecule has 1 aliphatic rings. The highest BCUT2D eigenvalue weighted by Gasteiger charge is 2.39. The topological polar surface area (TPSA) is 105 Å². The molecule has 2 atom stereocenters. The van der Waals surface area contributed by atoms with Gasteiger partial charge in [0.2, 0.25) is 0 Å². The van der Waals surface area contributed by atoms with E-state index in [1.807, 2.05) is 0 Å². The van der Waals surface area contributed by atoms with Gasteiger partial charge in [-0.15, -0.1) is 0 Å². The normalized spacial score (nSPS) is 21.8. The van der Waals surface area contributed by atoms with E-state index in [1.54, 1.807) is 24.3 Å². The minimum Gasteiger partial charge on any atom is -0.480 e. The monoisotopic (exact) mass is 279 g/mol. The number of benzene rings is 1. The van der Waals surface area contributed by atoms with E-state index in [0.717, 1.165) is 0 Å². The molecule has 108 valence electrons. The molecule has 1 aromatic carbocycles. The van der Waals surface area contributed by atoms with Gasteiger partial charge in [0.15, 0.2) is 0 Å². The molecule has 0 bridgehead atoms. The molecule has 0 radical (unpaired) electrons. The summed E-state index contributed by atoms with van der Waals surface area (Å²) in [6.07, 6.45) is 0.0127. The van der Waals surface area contributed by atoms with Crippen molar-refractivity contribution in [2.75, 3.05) is 24.7 Å². The second-order valence-electron chi connectivity index (χ2n) is 4.62. The van der Waals surface area contributed by atoms with Gasteiger partial charge in [-0.3, -0.25) is 0 Å². The highest BCUT2D eigenvalue weighted by molar-refractivity contribution is 5.95. The van der Waals surface area contributed by atoms with Gasteiger partial charge < -0.3 is 25.8 Å². The number of ether oxygens (including phenoxy) is 1. The molecule has 0 saturated carbocycles. The van der Waals surface area contributed by atoms with E-state index in [2.05, 4.69) is 5.32 Å². The first-order valence-electron chi connectivity index (χ1n) is 6.20. The highest BCUT2D eigenvalue weighted by Crippen LogP contribution is 2.23. The van der Waals surface area contributed by atoms with Gasteiger partial charge in [0.1, 0.15) is 6.04 Å². The van der Waals surface area contributed by atoms with Gasteiger partial charge >= 0.3 is 12.0 Å². The molecule has 2 amide bonds. The van der Waals surface area contributed by atoms with Crippen LogP contribution in [-0.4, -0.2) is 47.8 Å². The van der Waals surface area contributed by atoms with Crippen LogP contribution in [-0.2, 0) is 9.53 Å². The molecule has 0 aliphatic carbocycles. The number of nitrogens with two attached hydrogens (primary N) is 1. The Labute approximate surface area is 116 Å². The first kappa shape index (κ1) is 14.1. The van der Waals surface area contributed by atoms with Crippen LogP contribution < -0.4 is 11.1 Å². The van der Waals surface area contributed by atoms with Crippen molar-refractivity contribution in [3.05, 3.63) is 24.3 Å². The zero-order valence-corrected chi connectivity index (χ0v) is 11.1. The number of para-hydroxylation sites is 2. The molecule has 1 saturated heterocycles. The van der Waals surface area contributed by atoms with E-state index in [9.17, 15) is 9.59 Å². The predicted octanol–water partition coefficient (Wildman–Crippen LogP) is 0.975. The first-order chi connectivity index (χ1) is 9.52. The smallest absolute Gasteiger partial charge is 0.326 e. The number of carbonyl (C=O) groups excluding carboxylic acids is 1. The minimum absolute atomic E-state index is 0.242. The Morgan fingerprint density at radius 2 is 2.15 bits per heavy atom. The number of nitrogens with one attached hydrogen (secondary N) is 1. The number of rotatable bonds is 3. The fraction of sp³-hybridized carbons (Fsp3) is 0.385. The maximum atomic E-state index is 12.2. The maximum absolute atomic E-state index is 12.2. The van der Waals surface area contributed by atoms with Gasteiger partial charge in [0.05, 0.1) is 17.5 Å². The number of carbonyl (C=O) groups is 2. The van der Waals surface area contributed by atoms with Crippen LogP contribution in [0.2, 0.25) is 0 Å². The number of likely N-dealkylation sites (tertiary alicyclic amines) is 1. The average molecular weight is 279 g/mol. The van der Waals surface area contributed by atoms with Gasteiger partial charge in [0, 0.05) is 20.1 Å². The Kier molecular flexibility index (Phi) is 4.09. The number of amides is 2. The van der Waals surface area contributed by atoms with Gasteiger partial charge in [-0.1, -0.05) is 12.1 Å². The van der Waals surface area contributed by atoms with Gasteiger partial charge in [0.25, 0.3) is 0 Å². The number of aliphatic carboxylic acids is 1. The third-order valence-corrected chi connectivity index (χ3v) is 3.34. The molecule has 0 aromatic heterocycles. The third-order valence-electron chi connectivity index (χ3n) is 3.34. The number of hydrogen-bond donors (Lipinski definition) is 3. The average Bonchev–Trinajstić information content (AvgIpc) is 2.86. The lowest BCUT2D eigenvalue weighted by molar-refractivity contribution is -0.141. The molecular formula is C13H17N3O4. The number of carboxylic acids is 1. The first-order valence-corrected chi connectivity index (χ1v) is 6.20. The predicted molar refractivity (Wildman–Crippen MR) is 73.4 cm³/mol. The second-order valence-corrected chi connectivity index (χ2v) is 4.62. The SMILES string of the molecule is COC1CC(C(=O)O)N(C(=O)Nc2ccccc2N)C1. The zero-order valence-electron chi connectivity index (χ0n) is 11.1. The van der Waals surface area contributed by atoms with Gasteiger partial charge in [-0.2, -0.15) is 0 Å². The van der Waals surface area contributed by atoms with E-state index < -0.39 is 18.0 Å². The van der Waals surface area contributed by atoms with Crippen LogP contribution >= 0.6 is 0 Å². The lowest BCUT2D eigenvalue weighted by atomic mass is 10.2. The summed E-state index contributed by atoms with van der Waals surface area (Å²) in [5.74, 6) is -1.04. The number of anilines is 2. The Morgan fingerprint density at radius 3 is 2.75 bits per heavy atom. The van der Waals surface area contributed by atoms with Crippen LogP contribution in [0.1, 0.15) is 6.42 Å². The lowest BCUT2D eigenvalue weighted by Gasteiger charge is -2.22. The summed E-state index contributed by atoms with van der Waals surface area (Å²) in [6.45, 7) is 0.242. The molecule has 1 aliphatic heterocycles. The minimum atomic E-state index is -1.04.